The highest BCUT2D eigenvalue weighted by Crippen LogP contribution is 2.41. The number of hydrogen-bond donors (Lipinski definition) is 0. The van der Waals surface area contributed by atoms with Crippen molar-refractivity contribution in [3.05, 3.63) is 22.4 Å². The summed E-state index contributed by atoms with van der Waals surface area (Å²) >= 11 is 1.77. The van der Waals surface area contributed by atoms with Crippen molar-refractivity contribution in [1.82, 2.24) is 0 Å². The van der Waals surface area contributed by atoms with Crippen molar-refractivity contribution >= 4 is 17.1 Å². The van der Waals surface area contributed by atoms with E-state index in [-0.39, 0.29) is 11.3 Å². The van der Waals surface area contributed by atoms with E-state index in [1.54, 1.807) is 11.3 Å². The van der Waals surface area contributed by atoms with Crippen LogP contribution < -0.4 is 0 Å². The number of rotatable bonds is 2. The summed E-state index contributed by atoms with van der Waals surface area (Å²) in [5.41, 5.74) is 0.0192. The maximum Gasteiger partial charge on any atom is 0.137 e. The number of carbonyl (C=O) groups excluding carboxylic acids is 1. The highest BCUT2D eigenvalue weighted by Gasteiger charge is 2.39. The molecule has 1 fully saturated rings. The molecular weight excluding hydrogens is 216 g/mol. The van der Waals surface area contributed by atoms with Crippen molar-refractivity contribution in [3.63, 3.8) is 0 Å². The van der Waals surface area contributed by atoms with Crippen molar-refractivity contribution in [2.45, 2.75) is 45.4 Å². The molecule has 1 aromatic heterocycles. The van der Waals surface area contributed by atoms with Gasteiger partial charge in [-0.05, 0) is 30.2 Å². The molecule has 2 unspecified atom stereocenters. The van der Waals surface area contributed by atoms with Gasteiger partial charge in [0, 0.05) is 22.6 Å². The van der Waals surface area contributed by atoms with Gasteiger partial charge in [0.2, 0.25) is 0 Å². The molecule has 0 aromatic carbocycles. The molecule has 0 aliphatic heterocycles. The molecule has 1 nitrogen and oxygen atoms in total. The maximum absolute atomic E-state index is 12.2. The zero-order valence-corrected chi connectivity index (χ0v) is 11.1. The molecule has 1 aliphatic carbocycles. The lowest BCUT2D eigenvalue weighted by atomic mass is 9.67. The molecular formula is C14H20OS. The molecule has 1 aliphatic rings. The normalized spacial score (nSPS) is 27.1. The second kappa shape index (κ2) is 4.33. The van der Waals surface area contributed by atoms with Crippen LogP contribution in [0.5, 0.6) is 0 Å². The van der Waals surface area contributed by atoms with Gasteiger partial charge in [-0.15, -0.1) is 11.3 Å². The van der Waals surface area contributed by atoms with Crippen molar-refractivity contribution in [2.75, 3.05) is 0 Å². The molecule has 0 radical (unpaired) electrons. The van der Waals surface area contributed by atoms with Crippen LogP contribution in [0.15, 0.2) is 17.5 Å². The van der Waals surface area contributed by atoms with Gasteiger partial charge in [-0.3, -0.25) is 4.79 Å². The Kier molecular flexibility index (Phi) is 3.20. The fourth-order valence-corrected chi connectivity index (χ4v) is 3.69. The van der Waals surface area contributed by atoms with Gasteiger partial charge in [0.05, 0.1) is 0 Å². The van der Waals surface area contributed by atoms with E-state index < -0.39 is 0 Å². The third-order valence-electron chi connectivity index (χ3n) is 3.91. The van der Waals surface area contributed by atoms with E-state index in [0.717, 1.165) is 12.8 Å². The molecule has 1 aromatic rings. The first kappa shape index (κ1) is 11.8. The van der Waals surface area contributed by atoms with Crippen molar-refractivity contribution in [2.24, 2.45) is 11.8 Å². The lowest BCUT2D eigenvalue weighted by Gasteiger charge is -2.36. The predicted molar refractivity (Wildman–Crippen MR) is 68.9 cm³/mol. The van der Waals surface area contributed by atoms with Gasteiger partial charge < -0.3 is 0 Å². The van der Waals surface area contributed by atoms with Crippen LogP contribution in [0.3, 0.4) is 0 Å². The molecule has 0 spiro atoms. The molecule has 0 amide bonds. The second-order valence-corrected chi connectivity index (χ2v) is 6.55. The second-order valence-electron chi connectivity index (χ2n) is 5.60. The summed E-state index contributed by atoms with van der Waals surface area (Å²) in [5, 5.41) is 2.10. The first-order valence-corrected chi connectivity index (χ1v) is 6.96. The van der Waals surface area contributed by atoms with Crippen LogP contribution in [-0.4, -0.2) is 5.78 Å². The van der Waals surface area contributed by atoms with Gasteiger partial charge in [0.1, 0.15) is 5.78 Å². The molecule has 2 atom stereocenters. The number of hydrogen-bond acceptors (Lipinski definition) is 2. The average molecular weight is 236 g/mol. The molecule has 2 heteroatoms. The van der Waals surface area contributed by atoms with Crippen molar-refractivity contribution in [1.29, 1.82) is 0 Å². The molecule has 1 saturated carbocycles. The predicted octanol–water partition coefficient (Wildman–Crippen LogP) is 4.03. The lowest BCUT2D eigenvalue weighted by Crippen LogP contribution is -2.37. The third-order valence-corrected chi connectivity index (χ3v) is 5.12. The fourth-order valence-electron chi connectivity index (χ4n) is 2.78. The summed E-state index contributed by atoms with van der Waals surface area (Å²) in [4.78, 5) is 13.5. The van der Waals surface area contributed by atoms with Crippen LogP contribution in [0.4, 0.5) is 0 Å². The number of thiophene rings is 1. The Labute approximate surface area is 102 Å². The summed E-state index contributed by atoms with van der Waals surface area (Å²) < 4.78 is 0. The smallest absolute Gasteiger partial charge is 0.137 e. The Hall–Kier alpha value is -0.630. The van der Waals surface area contributed by atoms with E-state index in [2.05, 4.69) is 38.3 Å². The van der Waals surface area contributed by atoms with Crippen LogP contribution in [0.25, 0.3) is 0 Å². The van der Waals surface area contributed by atoms with Gasteiger partial charge in [-0.1, -0.05) is 26.8 Å². The van der Waals surface area contributed by atoms with Gasteiger partial charge >= 0.3 is 0 Å². The Morgan fingerprint density at radius 2 is 2.12 bits per heavy atom. The van der Waals surface area contributed by atoms with E-state index in [1.165, 1.54) is 11.3 Å². The summed E-state index contributed by atoms with van der Waals surface area (Å²) in [7, 11) is 0. The summed E-state index contributed by atoms with van der Waals surface area (Å²) in [6, 6.07) is 4.24. The summed E-state index contributed by atoms with van der Waals surface area (Å²) in [6.07, 6.45) is 3.04. The van der Waals surface area contributed by atoms with E-state index in [1.807, 2.05) is 0 Å². The topological polar surface area (TPSA) is 17.1 Å². The zero-order valence-electron chi connectivity index (χ0n) is 10.3. The van der Waals surface area contributed by atoms with Gasteiger partial charge in [0.25, 0.3) is 0 Å². The van der Waals surface area contributed by atoms with Crippen molar-refractivity contribution in [3.8, 4) is 0 Å². The van der Waals surface area contributed by atoms with Gasteiger partial charge in [-0.2, -0.15) is 0 Å². The van der Waals surface area contributed by atoms with Crippen LogP contribution in [0, 0.1) is 11.8 Å². The Balaban J connectivity index is 2.21. The Morgan fingerprint density at radius 3 is 2.69 bits per heavy atom. The average Bonchev–Trinajstić information content (AvgIpc) is 2.69. The minimum Gasteiger partial charge on any atom is -0.299 e. The first-order chi connectivity index (χ1) is 7.51. The van der Waals surface area contributed by atoms with Crippen LogP contribution >= 0.6 is 11.3 Å². The highest BCUT2D eigenvalue weighted by molar-refractivity contribution is 7.10. The quantitative estimate of drug-likeness (QED) is 0.757. The number of Topliss-reactive ketones (excluding diaryl/α,β-unsaturated/α-hetero) is 1. The molecule has 0 N–H and O–H groups in total. The molecule has 0 bridgehead atoms. The fraction of sp³-hybridized carbons (Fsp3) is 0.643. The number of carbonyl (C=O) groups is 1. The van der Waals surface area contributed by atoms with Gasteiger partial charge in [0.15, 0.2) is 0 Å². The Bertz CT molecular complexity index is 364. The molecule has 0 saturated heterocycles. The molecule has 2 rings (SSSR count). The van der Waals surface area contributed by atoms with E-state index >= 15 is 0 Å². The minimum absolute atomic E-state index is 0.0192. The van der Waals surface area contributed by atoms with E-state index in [0.29, 0.717) is 11.7 Å². The Morgan fingerprint density at radius 1 is 1.38 bits per heavy atom. The van der Waals surface area contributed by atoms with E-state index in [9.17, 15) is 4.79 Å². The van der Waals surface area contributed by atoms with Crippen LogP contribution in [0.2, 0.25) is 0 Å². The summed E-state index contributed by atoms with van der Waals surface area (Å²) in [6.45, 7) is 6.63. The SMILES string of the molecule is CC1CCC(C(C)(C)c2cccs2)C(=O)C1. The molecule has 88 valence electrons. The zero-order chi connectivity index (χ0) is 11.8. The molecule has 1 heterocycles. The standard InChI is InChI=1S/C14H20OS/c1-10-6-7-11(12(15)9-10)14(2,3)13-5-4-8-16-13/h4-5,8,10-11H,6-7,9H2,1-3H3. The lowest BCUT2D eigenvalue weighted by molar-refractivity contribution is -0.127. The van der Waals surface area contributed by atoms with E-state index in [4.69, 9.17) is 0 Å². The largest absolute Gasteiger partial charge is 0.299 e. The van der Waals surface area contributed by atoms with Crippen LogP contribution in [0.1, 0.15) is 44.9 Å². The maximum atomic E-state index is 12.2. The monoisotopic (exact) mass is 236 g/mol. The highest BCUT2D eigenvalue weighted by atomic mass is 32.1. The van der Waals surface area contributed by atoms with Crippen molar-refractivity contribution < 1.29 is 4.79 Å². The molecule has 16 heavy (non-hydrogen) atoms. The number of ketones is 1. The third kappa shape index (κ3) is 2.08. The van der Waals surface area contributed by atoms with Crippen LogP contribution in [-0.2, 0) is 10.2 Å². The van der Waals surface area contributed by atoms with Gasteiger partial charge in [-0.25, -0.2) is 0 Å². The minimum atomic E-state index is 0.0192. The first-order valence-electron chi connectivity index (χ1n) is 6.08. The summed E-state index contributed by atoms with van der Waals surface area (Å²) in [5.74, 6) is 1.28.